The van der Waals surface area contributed by atoms with Gasteiger partial charge in [-0.05, 0) is 84.3 Å². The Labute approximate surface area is 201 Å². The first-order valence-corrected chi connectivity index (χ1v) is 11.1. The van der Waals surface area contributed by atoms with Crippen LogP contribution in [0.2, 0.25) is 0 Å². The standard InChI is InChI=1S/C28H32O6/c1-30-23-13-8-19(9-14-23)6-11-21-17-26(32-3)27(33-4)18-22(21)12-7-20-10-15-24(28(29)34-5)25(16-20)31-2/h8-10,13-18H,6-7,11-12H2,1-5H3. The van der Waals surface area contributed by atoms with Gasteiger partial charge in [-0.3, -0.25) is 0 Å². The van der Waals surface area contributed by atoms with E-state index in [4.69, 9.17) is 23.7 Å². The molecule has 34 heavy (non-hydrogen) atoms. The summed E-state index contributed by atoms with van der Waals surface area (Å²) in [4.78, 5) is 11.9. The Morgan fingerprint density at radius 2 is 1.12 bits per heavy atom. The van der Waals surface area contributed by atoms with E-state index >= 15 is 0 Å². The normalized spacial score (nSPS) is 10.5. The second-order valence-electron chi connectivity index (χ2n) is 7.85. The van der Waals surface area contributed by atoms with E-state index < -0.39 is 5.97 Å². The highest BCUT2D eigenvalue weighted by Gasteiger charge is 2.15. The molecule has 3 aromatic carbocycles. The van der Waals surface area contributed by atoms with Gasteiger partial charge < -0.3 is 23.7 Å². The minimum Gasteiger partial charge on any atom is -0.497 e. The van der Waals surface area contributed by atoms with E-state index in [1.807, 2.05) is 24.3 Å². The molecule has 0 aliphatic rings. The average Bonchev–Trinajstić information content (AvgIpc) is 2.90. The molecule has 0 bridgehead atoms. The van der Waals surface area contributed by atoms with Gasteiger partial charge in [-0.15, -0.1) is 0 Å². The van der Waals surface area contributed by atoms with E-state index in [9.17, 15) is 4.79 Å². The summed E-state index contributed by atoms with van der Waals surface area (Å²) in [6.45, 7) is 0. The Morgan fingerprint density at radius 3 is 1.62 bits per heavy atom. The molecule has 3 aromatic rings. The monoisotopic (exact) mass is 464 g/mol. The van der Waals surface area contributed by atoms with Crippen LogP contribution < -0.4 is 18.9 Å². The summed E-state index contributed by atoms with van der Waals surface area (Å²) in [5.74, 6) is 2.38. The van der Waals surface area contributed by atoms with E-state index in [-0.39, 0.29) is 0 Å². The molecule has 0 radical (unpaired) electrons. The Bertz CT molecular complexity index is 1100. The fourth-order valence-electron chi connectivity index (χ4n) is 3.95. The maximum atomic E-state index is 11.9. The smallest absolute Gasteiger partial charge is 0.341 e. The molecular weight excluding hydrogens is 432 g/mol. The van der Waals surface area contributed by atoms with E-state index in [1.54, 1.807) is 34.5 Å². The third-order valence-electron chi connectivity index (χ3n) is 5.90. The third kappa shape index (κ3) is 6.01. The molecule has 0 heterocycles. The molecule has 0 fully saturated rings. The number of rotatable bonds is 11. The van der Waals surface area contributed by atoms with Crippen molar-refractivity contribution >= 4 is 5.97 Å². The molecule has 0 N–H and O–H groups in total. The van der Waals surface area contributed by atoms with E-state index in [2.05, 4.69) is 24.3 Å². The van der Waals surface area contributed by atoms with Gasteiger partial charge in [-0.2, -0.15) is 0 Å². The second kappa shape index (κ2) is 12.0. The number of benzene rings is 3. The lowest BCUT2D eigenvalue weighted by molar-refractivity contribution is 0.0597. The molecule has 6 nitrogen and oxygen atoms in total. The Hall–Kier alpha value is -3.67. The molecular formula is C28H32O6. The van der Waals surface area contributed by atoms with Crippen LogP contribution in [0.1, 0.15) is 32.6 Å². The zero-order valence-electron chi connectivity index (χ0n) is 20.5. The second-order valence-corrected chi connectivity index (χ2v) is 7.85. The average molecular weight is 465 g/mol. The minimum atomic E-state index is -0.413. The molecule has 6 heteroatoms. The molecule has 0 saturated heterocycles. The molecule has 0 unspecified atom stereocenters. The summed E-state index contributed by atoms with van der Waals surface area (Å²) in [6, 6.07) is 17.9. The Kier molecular flexibility index (Phi) is 8.79. The summed E-state index contributed by atoms with van der Waals surface area (Å²) in [7, 11) is 7.88. The molecule has 0 atom stereocenters. The van der Waals surface area contributed by atoms with Gasteiger partial charge in [0.1, 0.15) is 17.1 Å². The van der Waals surface area contributed by atoms with E-state index in [1.165, 1.54) is 23.8 Å². The lowest BCUT2D eigenvalue weighted by atomic mass is 9.94. The molecule has 180 valence electrons. The van der Waals surface area contributed by atoms with Crippen LogP contribution in [0.3, 0.4) is 0 Å². The number of hydrogen-bond donors (Lipinski definition) is 0. The highest BCUT2D eigenvalue weighted by Crippen LogP contribution is 2.32. The fraction of sp³-hybridized carbons (Fsp3) is 0.321. The van der Waals surface area contributed by atoms with Gasteiger partial charge in [0.15, 0.2) is 11.5 Å². The zero-order chi connectivity index (χ0) is 24.5. The van der Waals surface area contributed by atoms with Gasteiger partial charge in [-0.25, -0.2) is 4.79 Å². The lowest BCUT2D eigenvalue weighted by Crippen LogP contribution is -2.05. The zero-order valence-corrected chi connectivity index (χ0v) is 20.5. The largest absolute Gasteiger partial charge is 0.497 e. The molecule has 0 aliphatic carbocycles. The van der Waals surface area contributed by atoms with Crippen LogP contribution in [0.4, 0.5) is 0 Å². The lowest BCUT2D eigenvalue weighted by Gasteiger charge is -2.16. The van der Waals surface area contributed by atoms with Gasteiger partial charge in [0, 0.05) is 0 Å². The fourth-order valence-corrected chi connectivity index (χ4v) is 3.95. The Balaban J connectivity index is 1.82. The first-order chi connectivity index (χ1) is 16.5. The summed E-state index contributed by atoms with van der Waals surface area (Å²) in [5, 5.41) is 0. The summed E-state index contributed by atoms with van der Waals surface area (Å²) in [5.41, 5.74) is 5.14. The van der Waals surface area contributed by atoms with Crippen LogP contribution in [0, 0.1) is 0 Å². The summed E-state index contributed by atoms with van der Waals surface area (Å²) < 4.78 is 26.6. The number of ether oxygens (including phenoxy) is 5. The maximum Gasteiger partial charge on any atom is 0.341 e. The Morgan fingerprint density at radius 1 is 0.588 bits per heavy atom. The van der Waals surface area contributed by atoms with Crippen LogP contribution in [0.5, 0.6) is 23.0 Å². The molecule has 0 aliphatic heterocycles. The SMILES string of the molecule is COC(=O)c1ccc(CCc2cc(OC)c(OC)cc2CCc2ccc(OC)cc2)cc1OC. The van der Waals surface area contributed by atoms with Crippen molar-refractivity contribution in [3.63, 3.8) is 0 Å². The molecule has 0 amide bonds. The molecule has 0 saturated carbocycles. The first-order valence-electron chi connectivity index (χ1n) is 11.1. The summed E-state index contributed by atoms with van der Waals surface area (Å²) in [6.07, 6.45) is 3.35. The van der Waals surface area contributed by atoms with Crippen molar-refractivity contribution in [2.24, 2.45) is 0 Å². The van der Waals surface area contributed by atoms with Crippen molar-refractivity contribution in [1.82, 2.24) is 0 Å². The van der Waals surface area contributed by atoms with Gasteiger partial charge >= 0.3 is 5.97 Å². The number of carbonyl (C=O) groups excluding carboxylic acids is 1. The number of methoxy groups -OCH3 is 5. The van der Waals surface area contributed by atoms with Crippen molar-refractivity contribution in [1.29, 1.82) is 0 Å². The molecule has 3 rings (SSSR count). The highest BCUT2D eigenvalue weighted by atomic mass is 16.5. The number of aryl methyl sites for hydroxylation is 4. The van der Waals surface area contributed by atoms with Gasteiger partial charge in [-0.1, -0.05) is 18.2 Å². The van der Waals surface area contributed by atoms with E-state index in [0.717, 1.165) is 42.7 Å². The third-order valence-corrected chi connectivity index (χ3v) is 5.90. The number of hydrogen-bond acceptors (Lipinski definition) is 6. The van der Waals surface area contributed by atoms with E-state index in [0.29, 0.717) is 17.1 Å². The van der Waals surface area contributed by atoms with Gasteiger partial charge in [0.25, 0.3) is 0 Å². The molecule has 0 aromatic heterocycles. The quantitative estimate of drug-likeness (QED) is 0.369. The van der Waals surface area contributed by atoms with Crippen molar-refractivity contribution in [2.45, 2.75) is 25.7 Å². The minimum absolute atomic E-state index is 0.413. The van der Waals surface area contributed by atoms with Gasteiger partial charge in [0.2, 0.25) is 0 Å². The predicted octanol–water partition coefficient (Wildman–Crippen LogP) is 5.08. The van der Waals surface area contributed by atoms with Crippen molar-refractivity contribution < 1.29 is 28.5 Å². The van der Waals surface area contributed by atoms with Crippen LogP contribution in [-0.2, 0) is 30.4 Å². The topological polar surface area (TPSA) is 63.2 Å². The highest BCUT2D eigenvalue weighted by molar-refractivity contribution is 5.92. The number of esters is 1. The van der Waals surface area contributed by atoms with Crippen molar-refractivity contribution in [3.05, 3.63) is 82.4 Å². The van der Waals surface area contributed by atoms with Crippen LogP contribution in [-0.4, -0.2) is 41.5 Å². The van der Waals surface area contributed by atoms with Crippen molar-refractivity contribution in [3.8, 4) is 23.0 Å². The maximum absolute atomic E-state index is 11.9. The summed E-state index contributed by atoms with van der Waals surface area (Å²) >= 11 is 0. The van der Waals surface area contributed by atoms with Crippen LogP contribution >= 0.6 is 0 Å². The van der Waals surface area contributed by atoms with Crippen molar-refractivity contribution in [2.75, 3.05) is 35.5 Å². The predicted molar refractivity (Wildman–Crippen MR) is 132 cm³/mol. The first kappa shape index (κ1) is 25.0. The molecule has 0 spiro atoms. The number of carbonyl (C=O) groups is 1. The van der Waals surface area contributed by atoms with Crippen LogP contribution in [0.15, 0.2) is 54.6 Å². The van der Waals surface area contributed by atoms with Gasteiger partial charge in [0.05, 0.1) is 35.5 Å². The van der Waals surface area contributed by atoms with Crippen LogP contribution in [0.25, 0.3) is 0 Å².